The molecule has 14 heteroatoms. The maximum Gasteiger partial charge on any atom is 0.434 e. The normalized spacial score (nSPS) is 16.8. The first-order valence-electron chi connectivity index (χ1n) is 12.6. The molecule has 3 heterocycles. The van der Waals surface area contributed by atoms with Crippen molar-refractivity contribution in [3.8, 4) is 28.5 Å². The van der Waals surface area contributed by atoms with E-state index in [-0.39, 0.29) is 52.7 Å². The molecule has 1 fully saturated rings. The Morgan fingerprint density at radius 1 is 1.20 bits per heavy atom. The van der Waals surface area contributed by atoms with Gasteiger partial charge in [-0.15, -0.1) is 12.4 Å². The molecule has 2 aromatic carbocycles. The fourth-order valence-electron chi connectivity index (χ4n) is 4.97. The number of rotatable bonds is 8. The lowest BCUT2D eigenvalue weighted by molar-refractivity contribution is -0.142. The van der Waals surface area contributed by atoms with Crippen LogP contribution in [-0.4, -0.2) is 60.6 Å². The summed E-state index contributed by atoms with van der Waals surface area (Å²) in [6.07, 6.45) is -2.72. The van der Waals surface area contributed by atoms with Crippen LogP contribution in [0.2, 0.25) is 5.02 Å². The summed E-state index contributed by atoms with van der Waals surface area (Å²) in [6.45, 7) is 1.75. The predicted octanol–water partition coefficient (Wildman–Crippen LogP) is 5.90. The number of alkyl halides is 3. The molecule has 0 radical (unpaired) electrons. The zero-order valence-electron chi connectivity index (χ0n) is 21.5. The molecular weight excluding hydrogens is 586 g/mol. The number of carboxylic acid groups (broad SMARTS) is 1. The average molecular weight is 612 g/mol. The summed E-state index contributed by atoms with van der Waals surface area (Å²) in [6, 6.07) is 12.6. The van der Waals surface area contributed by atoms with Crippen LogP contribution in [0, 0.1) is 5.92 Å². The highest BCUT2D eigenvalue weighted by molar-refractivity contribution is 6.30. The Balaban J connectivity index is 0.00000387. The van der Waals surface area contributed by atoms with E-state index in [1.165, 1.54) is 18.2 Å². The number of aliphatic hydroxyl groups excluding tert-OH is 1. The van der Waals surface area contributed by atoms with Gasteiger partial charge in [0.25, 0.3) is 5.89 Å². The van der Waals surface area contributed by atoms with Crippen LogP contribution >= 0.6 is 24.0 Å². The number of aromatic nitrogens is 4. The van der Waals surface area contributed by atoms with Crippen LogP contribution < -0.4 is 0 Å². The summed E-state index contributed by atoms with van der Waals surface area (Å²) in [5.41, 5.74) is -0.203. The molecule has 2 N–H and O–H groups in total. The lowest BCUT2D eigenvalue weighted by Crippen LogP contribution is -2.38. The fraction of sp³-hybridized carbons (Fsp3) is 0.333. The summed E-state index contributed by atoms with van der Waals surface area (Å²) >= 11 is 5.96. The predicted molar refractivity (Wildman–Crippen MR) is 146 cm³/mol. The standard InChI is InChI=1S/C27H25ClF3N5O4.ClH/c28-19-4-1-5-20(12-19)36-24(27(29,30)31)21(13-32-36)26-33-25(34-40-26)18-8-6-17(7-9-18)22(37)15-35-10-2-3-16(14-35)11-23(38)39;/h1,4-9,12-13,16,22,37H,2-3,10-11,14-15H2,(H,38,39);1H/t16-,22-;/m1./s1. The molecule has 1 aliphatic rings. The first kappa shape index (κ1) is 30.5. The number of benzene rings is 2. The number of carbonyl (C=O) groups is 1. The molecule has 9 nitrogen and oxygen atoms in total. The zero-order chi connectivity index (χ0) is 28.4. The van der Waals surface area contributed by atoms with E-state index in [1.807, 2.05) is 0 Å². The number of β-amino-alcohol motifs (C(OH)–C–C–N with tert-alkyl or cyclic N) is 1. The molecule has 0 amide bonds. The van der Waals surface area contributed by atoms with Crippen LogP contribution in [-0.2, 0) is 11.0 Å². The van der Waals surface area contributed by atoms with Crippen LogP contribution in [0.4, 0.5) is 13.2 Å². The van der Waals surface area contributed by atoms with Crippen molar-refractivity contribution in [2.45, 2.75) is 31.5 Å². The summed E-state index contributed by atoms with van der Waals surface area (Å²) in [5, 5.41) is 27.8. The molecule has 218 valence electrons. The highest BCUT2D eigenvalue weighted by atomic mass is 35.5. The van der Waals surface area contributed by atoms with E-state index in [0.717, 1.165) is 30.3 Å². The Morgan fingerprint density at radius 2 is 1.95 bits per heavy atom. The van der Waals surface area contributed by atoms with Crippen LogP contribution in [0.3, 0.4) is 0 Å². The molecule has 0 bridgehead atoms. The first-order chi connectivity index (χ1) is 19.1. The first-order valence-corrected chi connectivity index (χ1v) is 12.9. The molecule has 4 aromatic rings. The number of carboxylic acids is 1. The average Bonchev–Trinajstić information content (AvgIpc) is 3.56. The number of likely N-dealkylation sites (tertiary alicyclic amines) is 1. The molecule has 0 unspecified atom stereocenters. The van der Waals surface area contributed by atoms with Gasteiger partial charge in [-0.1, -0.05) is 47.1 Å². The minimum Gasteiger partial charge on any atom is -0.481 e. The summed E-state index contributed by atoms with van der Waals surface area (Å²) in [7, 11) is 0. The summed E-state index contributed by atoms with van der Waals surface area (Å²) in [5.74, 6) is -1.03. The van der Waals surface area contributed by atoms with Gasteiger partial charge in [0.1, 0.15) is 0 Å². The lowest BCUT2D eigenvalue weighted by Gasteiger charge is -2.33. The Kier molecular flexibility index (Phi) is 9.37. The Bertz CT molecular complexity index is 1490. The van der Waals surface area contributed by atoms with Gasteiger partial charge in [0.2, 0.25) is 5.82 Å². The van der Waals surface area contributed by atoms with Crippen LogP contribution in [0.5, 0.6) is 0 Å². The van der Waals surface area contributed by atoms with Gasteiger partial charge in [0.05, 0.1) is 23.6 Å². The largest absolute Gasteiger partial charge is 0.481 e. The lowest BCUT2D eigenvalue weighted by atomic mass is 9.94. The van der Waals surface area contributed by atoms with Crippen molar-refractivity contribution in [3.63, 3.8) is 0 Å². The van der Waals surface area contributed by atoms with Crippen molar-refractivity contribution in [3.05, 3.63) is 71.0 Å². The highest BCUT2D eigenvalue weighted by Gasteiger charge is 2.40. The number of halogens is 5. The van der Waals surface area contributed by atoms with Crippen molar-refractivity contribution < 1.29 is 32.7 Å². The molecule has 41 heavy (non-hydrogen) atoms. The molecule has 0 saturated carbocycles. The van der Waals surface area contributed by atoms with Gasteiger partial charge in [0.15, 0.2) is 5.69 Å². The van der Waals surface area contributed by atoms with Crippen LogP contribution in [0.1, 0.15) is 36.6 Å². The van der Waals surface area contributed by atoms with Gasteiger partial charge in [-0.05, 0) is 49.1 Å². The number of piperidine rings is 1. The van der Waals surface area contributed by atoms with E-state index in [4.69, 9.17) is 21.2 Å². The Labute approximate surface area is 244 Å². The number of hydrogen-bond donors (Lipinski definition) is 2. The zero-order valence-corrected chi connectivity index (χ0v) is 23.0. The van der Waals surface area contributed by atoms with E-state index >= 15 is 0 Å². The van der Waals surface area contributed by atoms with Crippen molar-refractivity contribution >= 4 is 30.0 Å². The van der Waals surface area contributed by atoms with Gasteiger partial charge in [0, 0.05) is 30.1 Å². The van der Waals surface area contributed by atoms with E-state index < -0.39 is 23.9 Å². The molecule has 2 atom stereocenters. The topological polar surface area (TPSA) is 118 Å². The van der Waals surface area contributed by atoms with Crippen molar-refractivity contribution in [1.82, 2.24) is 24.8 Å². The Hall–Kier alpha value is -3.45. The highest BCUT2D eigenvalue weighted by Crippen LogP contribution is 2.38. The van der Waals surface area contributed by atoms with Crippen LogP contribution in [0.25, 0.3) is 28.5 Å². The number of nitrogens with zero attached hydrogens (tertiary/aromatic N) is 5. The summed E-state index contributed by atoms with van der Waals surface area (Å²) in [4.78, 5) is 17.3. The smallest absolute Gasteiger partial charge is 0.434 e. The minimum atomic E-state index is -4.78. The Morgan fingerprint density at radius 3 is 2.63 bits per heavy atom. The number of aliphatic hydroxyl groups is 1. The second-order valence-corrected chi connectivity index (χ2v) is 10.2. The number of aliphatic carboxylic acids is 1. The molecule has 2 aromatic heterocycles. The SMILES string of the molecule is Cl.O=C(O)C[C@H]1CCCN(C[C@@H](O)c2ccc(-c3noc(-c4cnn(-c5cccc(Cl)c5)c4C(F)(F)F)n3)cc2)C1. The van der Waals surface area contributed by atoms with Crippen molar-refractivity contribution in [1.29, 1.82) is 0 Å². The molecule has 0 aliphatic carbocycles. The molecule has 1 aliphatic heterocycles. The quantitative estimate of drug-likeness (QED) is 0.253. The summed E-state index contributed by atoms with van der Waals surface area (Å²) < 4.78 is 48.1. The second-order valence-electron chi connectivity index (χ2n) is 9.72. The molecule has 0 spiro atoms. The maximum absolute atomic E-state index is 14.1. The maximum atomic E-state index is 14.1. The molecular formula is C27H26Cl2F3N5O4. The minimum absolute atomic E-state index is 0. The van der Waals surface area contributed by atoms with Crippen molar-refractivity contribution in [2.75, 3.05) is 19.6 Å². The third kappa shape index (κ3) is 7.07. The monoisotopic (exact) mass is 611 g/mol. The molecule has 5 rings (SSSR count). The second kappa shape index (κ2) is 12.6. The molecule has 1 saturated heterocycles. The van der Waals surface area contributed by atoms with Gasteiger partial charge in [-0.2, -0.15) is 23.3 Å². The third-order valence-corrected chi connectivity index (χ3v) is 7.03. The van der Waals surface area contributed by atoms with Gasteiger partial charge >= 0.3 is 12.1 Å². The van der Waals surface area contributed by atoms with E-state index in [2.05, 4.69) is 20.1 Å². The van der Waals surface area contributed by atoms with E-state index in [0.29, 0.717) is 24.2 Å². The van der Waals surface area contributed by atoms with Crippen molar-refractivity contribution in [2.24, 2.45) is 5.92 Å². The van der Waals surface area contributed by atoms with Gasteiger partial charge in [-0.25, -0.2) is 4.68 Å². The van der Waals surface area contributed by atoms with E-state index in [9.17, 15) is 23.1 Å². The fourth-order valence-corrected chi connectivity index (χ4v) is 5.15. The third-order valence-electron chi connectivity index (χ3n) is 6.80. The van der Waals surface area contributed by atoms with Crippen LogP contribution in [0.15, 0.2) is 59.3 Å². The van der Waals surface area contributed by atoms with E-state index in [1.54, 1.807) is 30.3 Å². The van der Waals surface area contributed by atoms with Gasteiger partial charge in [-0.3, -0.25) is 4.79 Å². The van der Waals surface area contributed by atoms with Gasteiger partial charge < -0.3 is 19.6 Å². The number of hydrogen-bond acceptors (Lipinski definition) is 7.